The molecule has 0 unspecified atom stereocenters. The van der Waals surface area contributed by atoms with E-state index in [0.717, 1.165) is 0 Å². The van der Waals surface area contributed by atoms with E-state index in [1.807, 2.05) is 5.32 Å². The number of alkyl halides is 3. The van der Waals surface area contributed by atoms with Crippen molar-refractivity contribution in [1.29, 1.82) is 0 Å². The normalized spacial score (nSPS) is 12.9. The Morgan fingerprint density at radius 3 is 2.41 bits per heavy atom. The van der Waals surface area contributed by atoms with E-state index in [1.165, 1.54) is 6.92 Å². The molecule has 0 aliphatic carbocycles. The average Bonchev–Trinajstić information content (AvgIpc) is 2.26. The van der Waals surface area contributed by atoms with Gasteiger partial charge in [-0.2, -0.15) is 13.2 Å². The quantitative estimate of drug-likeness (QED) is 0.854. The first-order chi connectivity index (χ1) is 7.88. The van der Waals surface area contributed by atoms with Crippen LogP contribution in [-0.2, 0) is 4.79 Å². The van der Waals surface area contributed by atoms with Gasteiger partial charge in [-0.3, -0.25) is 4.79 Å². The first-order valence-corrected chi connectivity index (χ1v) is 5.04. The van der Waals surface area contributed by atoms with Gasteiger partial charge in [0.1, 0.15) is 12.6 Å². The fraction of sp³-hybridized carbons (Fsp3) is 0.364. The Labute approximate surface area is 97.0 Å². The van der Waals surface area contributed by atoms with Gasteiger partial charge < -0.3 is 10.6 Å². The molecule has 3 nitrogen and oxygen atoms in total. The van der Waals surface area contributed by atoms with Crippen LogP contribution in [0.4, 0.5) is 18.9 Å². The van der Waals surface area contributed by atoms with E-state index in [0.29, 0.717) is 5.69 Å². The summed E-state index contributed by atoms with van der Waals surface area (Å²) in [4.78, 5) is 11.3. The first-order valence-electron chi connectivity index (χ1n) is 5.04. The molecule has 0 aliphatic heterocycles. The van der Waals surface area contributed by atoms with Gasteiger partial charge in [-0.15, -0.1) is 0 Å². The molecule has 0 saturated carbocycles. The maximum absolute atomic E-state index is 11.9. The molecular weight excluding hydrogens is 233 g/mol. The number of amides is 1. The van der Waals surface area contributed by atoms with E-state index >= 15 is 0 Å². The lowest BCUT2D eigenvalue weighted by Gasteiger charge is -2.15. The third-order valence-corrected chi connectivity index (χ3v) is 2.01. The van der Waals surface area contributed by atoms with Gasteiger partial charge in [-0.25, -0.2) is 0 Å². The second-order valence-corrected chi connectivity index (χ2v) is 3.57. The van der Waals surface area contributed by atoms with Crippen LogP contribution in [-0.4, -0.2) is 24.7 Å². The molecule has 0 aromatic heterocycles. The van der Waals surface area contributed by atoms with Crippen molar-refractivity contribution in [1.82, 2.24) is 5.32 Å². The summed E-state index contributed by atoms with van der Waals surface area (Å²) in [6.07, 6.45) is -4.39. The summed E-state index contributed by atoms with van der Waals surface area (Å²) < 4.78 is 35.6. The van der Waals surface area contributed by atoms with Crippen molar-refractivity contribution in [3.63, 3.8) is 0 Å². The topological polar surface area (TPSA) is 41.1 Å². The third-order valence-electron chi connectivity index (χ3n) is 2.01. The Morgan fingerprint density at radius 2 is 1.88 bits per heavy atom. The molecule has 17 heavy (non-hydrogen) atoms. The van der Waals surface area contributed by atoms with Gasteiger partial charge >= 0.3 is 6.18 Å². The Morgan fingerprint density at radius 1 is 1.29 bits per heavy atom. The Bertz CT molecular complexity index is 365. The van der Waals surface area contributed by atoms with Crippen molar-refractivity contribution in [3.8, 4) is 0 Å². The monoisotopic (exact) mass is 246 g/mol. The molecule has 1 atom stereocenters. The van der Waals surface area contributed by atoms with E-state index in [9.17, 15) is 18.0 Å². The van der Waals surface area contributed by atoms with Crippen molar-refractivity contribution in [2.75, 3.05) is 11.9 Å². The molecule has 0 fully saturated rings. The van der Waals surface area contributed by atoms with Crippen molar-refractivity contribution in [2.24, 2.45) is 0 Å². The second kappa shape index (κ2) is 5.56. The van der Waals surface area contributed by atoms with E-state index in [-0.39, 0.29) is 0 Å². The van der Waals surface area contributed by atoms with Crippen LogP contribution in [0.1, 0.15) is 6.92 Å². The zero-order valence-corrected chi connectivity index (χ0v) is 9.21. The molecule has 1 amide bonds. The Balaban J connectivity index is 2.43. The number of nitrogens with one attached hydrogen (secondary N) is 2. The van der Waals surface area contributed by atoms with E-state index in [1.54, 1.807) is 30.3 Å². The minimum atomic E-state index is -4.39. The van der Waals surface area contributed by atoms with Crippen LogP contribution < -0.4 is 10.6 Å². The van der Waals surface area contributed by atoms with Crippen LogP contribution in [0, 0.1) is 0 Å². The summed E-state index contributed by atoms with van der Waals surface area (Å²) in [5.74, 6) is -0.689. The fourth-order valence-electron chi connectivity index (χ4n) is 1.19. The summed E-state index contributed by atoms with van der Waals surface area (Å²) in [5, 5.41) is 4.61. The minimum Gasteiger partial charge on any atom is -0.374 e. The first kappa shape index (κ1) is 13.3. The van der Waals surface area contributed by atoms with Crippen LogP contribution in [0.25, 0.3) is 0 Å². The number of carbonyl (C=O) groups is 1. The average molecular weight is 246 g/mol. The number of hydrogen-bond acceptors (Lipinski definition) is 2. The SMILES string of the molecule is C[C@H](Nc1ccccc1)C(=O)NCC(F)(F)F. The van der Waals surface area contributed by atoms with Crippen LogP contribution in [0.15, 0.2) is 30.3 Å². The largest absolute Gasteiger partial charge is 0.405 e. The number of para-hydroxylation sites is 1. The molecule has 0 spiro atoms. The molecule has 0 saturated heterocycles. The highest BCUT2D eigenvalue weighted by atomic mass is 19.4. The maximum Gasteiger partial charge on any atom is 0.405 e. The number of halogens is 3. The predicted molar refractivity (Wildman–Crippen MR) is 58.6 cm³/mol. The van der Waals surface area contributed by atoms with Gasteiger partial charge in [0.25, 0.3) is 0 Å². The molecule has 0 radical (unpaired) electrons. The minimum absolute atomic E-state index is 0.683. The lowest BCUT2D eigenvalue weighted by Crippen LogP contribution is -2.42. The van der Waals surface area contributed by atoms with Gasteiger partial charge in [0.2, 0.25) is 5.91 Å². The molecule has 0 heterocycles. The van der Waals surface area contributed by atoms with E-state index in [4.69, 9.17) is 0 Å². The molecule has 2 N–H and O–H groups in total. The van der Waals surface area contributed by atoms with Gasteiger partial charge in [-0.05, 0) is 19.1 Å². The molecule has 1 aromatic carbocycles. The van der Waals surface area contributed by atoms with Crippen molar-refractivity contribution in [2.45, 2.75) is 19.1 Å². The lowest BCUT2D eigenvalue weighted by molar-refractivity contribution is -0.138. The van der Waals surface area contributed by atoms with Gasteiger partial charge in [-0.1, -0.05) is 18.2 Å². The highest BCUT2D eigenvalue weighted by Crippen LogP contribution is 2.12. The molecule has 1 rings (SSSR count). The maximum atomic E-state index is 11.9. The standard InChI is InChI=1S/C11H13F3N2O/c1-8(10(17)15-7-11(12,13)14)16-9-5-3-2-4-6-9/h2-6,8,16H,7H2,1H3,(H,15,17)/t8-/m0/s1. The molecule has 6 heteroatoms. The fourth-order valence-corrected chi connectivity index (χ4v) is 1.19. The van der Waals surface area contributed by atoms with Crippen LogP contribution in [0.3, 0.4) is 0 Å². The highest BCUT2D eigenvalue weighted by Gasteiger charge is 2.28. The van der Waals surface area contributed by atoms with Crippen molar-refractivity contribution < 1.29 is 18.0 Å². The summed E-state index contributed by atoms with van der Waals surface area (Å²) in [6, 6.07) is 8.08. The lowest BCUT2D eigenvalue weighted by atomic mass is 10.2. The van der Waals surface area contributed by atoms with Gasteiger partial charge in [0, 0.05) is 5.69 Å². The molecule has 1 aromatic rings. The Hall–Kier alpha value is -1.72. The smallest absolute Gasteiger partial charge is 0.374 e. The van der Waals surface area contributed by atoms with Crippen LogP contribution in [0.5, 0.6) is 0 Å². The number of anilines is 1. The zero-order chi connectivity index (χ0) is 12.9. The number of carbonyl (C=O) groups excluding carboxylic acids is 1. The molecule has 0 aliphatic rings. The number of rotatable bonds is 4. The summed E-state index contributed by atoms with van der Waals surface area (Å²) in [7, 11) is 0. The van der Waals surface area contributed by atoms with Crippen LogP contribution in [0.2, 0.25) is 0 Å². The zero-order valence-electron chi connectivity index (χ0n) is 9.21. The van der Waals surface area contributed by atoms with E-state index in [2.05, 4.69) is 5.32 Å². The van der Waals surface area contributed by atoms with Gasteiger partial charge in [0.15, 0.2) is 0 Å². The van der Waals surface area contributed by atoms with Gasteiger partial charge in [0.05, 0.1) is 0 Å². The summed E-state index contributed by atoms with van der Waals surface area (Å²) >= 11 is 0. The highest BCUT2D eigenvalue weighted by molar-refractivity contribution is 5.84. The van der Waals surface area contributed by atoms with Crippen molar-refractivity contribution in [3.05, 3.63) is 30.3 Å². The molecule has 0 bridgehead atoms. The summed E-state index contributed by atoms with van der Waals surface area (Å²) in [5.41, 5.74) is 0.683. The number of benzene rings is 1. The Kier molecular flexibility index (Phi) is 4.37. The number of hydrogen-bond donors (Lipinski definition) is 2. The second-order valence-electron chi connectivity index (χ2n) is 3.57. The third kappa shape index (κ3) is 5.24. The molecule has 94 valence electrons. The van der Waals surface area contributed by atoms with E-state index < -0.39 is 24.7 Å². The molecular formula is C11H13F3N2O. The van der Waals surface area contributed by atoms with Crippen LogP contribution >= 0.6 is 0 Å². The predicted octanol–water partition coefficient (Wildman–Crippen LogP) is 2.17. The summed E-state index contributed by atoms with van der Waals surface area (Å²) in [6.45, 7) is 0.186. The van der Waals surface area contributed by atoms with Crippen molar-refractivity contribution >= 4 is 11.6 Å².